The Bertz CT molecular complexity index is 375. The zero-order valence-electron chi connectivity index (χ0n) is 8.34. The van der Waals surface area contributed by atoms with E-state index < -0.39 is 12.0 Å². The Morgan fingerprint density at radius 2 is 2.20 bits per heavy atom. The second-order valence-corrected chi connectivity index (χ2v) is 3.73. The van der Waals surface area contributed by atoms with E-state index in [0.717, 1.165) is 0 Å². The molecule has 0 amide bonds. The number of rotatable bonds is 1. The molecule has 1 aromatic rings. The average Bonchev–Trinajstić information content (AvgIpc) is 2.17. The van der Waals surface area contributed by atoms with Crippen molar-refractivity contribution in [1.29, 1.82) is 0 Å². The van der Waals surface area contributed by atoms with Crippen molar-refractivity contribution in [1.82, 2.24) is 0 Å². The van der Waals surface area contributed by atoms with Gasteiger partial charge in [-0.25, -0.2) is 8.78 Å². The number of aliphatic hydroxyl groups is 1. The van der Waals surface area contributed by atoms with Crippen LogP contribution in [0.15, 0.2) is 18.2 Å². The van der Waals surface area contributed by atoms with Crippen LogP contribution in [0, 0.1) is 0 Å². The van der Waals surface area contributed by atoms with Crippen LogP contribution in [0.4, 0.5) is 8.78 Å². The van der Waals surface area contributed by atoms with E-state index in [1.54, 1.807) is 13.0 Å². The van der Waals surface area contributed by atoms with Gasteiger partial charge in [-0.15, -0.1) is 0 Å². The van der Waals surface area contributed by atoms with E-state index in [2.05, 4.69) is 0 Å². The lowest BCUT2D eigenvalue weighted by Crippen LogP contribution is -2.24. The fourth-order valence-electron chi connectivity index (χ4n) is 1.64. The first kappa shape index (κ1) is 10.4. The molecular weight excluding hydrogens is 202 g/mol. The van der Waals surface area contributed by atoms with Crippen molar-refractivity contribution in [3.05, 3.63) is 29.3 Å². The predicted octanol–water partition coefficient (Wildman–Crippen LogP) is 2.61. The minimum atomic E-state index is -2.85. The molecule has 0 aromatic heterocycles. The largest absolute Gasteiger partial charge is 0.493 e. The third-order valence-electron chi connectivity index (χ3n) is 2.55. The van der Waals surface area contributed by atoms with Gasteiger partial charge in [0.25, 0.3) is 5.92 Å². The quantitative estimate of drug-likeness (QED) is 0.778. The fourth-order valence-corrected chi connectivity index (χ4v) is 1.64. The summed E-state index contributed by atoms with van der Waals surface area (Å²) < 4.78 is 32.1. The maximum atomic E-state index is 13.5. The number of benzene rings is 1. The molecule has 0 bridgehead atoms. The highest BCUT2D eigenvalue weighted by molar-refractivity contribution is 5.42. The van der Waals surface area contributed by atoms with Crippen molar-refractivity contribution >= 4 is 0 Å². The van der Waals surface area contributed by atoms with Crippen LogP contribution in [0.3, 0.4) is 0 Å². The summed E-state index contributed by atoms with van der Waals surface area (Å²) in [6, 6.07) is 4.41. The van der Waals surface area contributed by atoms with Crippen LogP contribution in [-0.2, 0) is 5.92 Å². The molecule has 4 heteroatoms. The van der Waals surface area contributed by atoms with Crippen molar-refractivity contribution < 1.29 is 18.6 Å². The van der Waals surface area contributed by atoms with Gasteiger partial charge in [0, 0.05) is 0 Å². The van der Waals surface area contributed by atoms with Gasteiger partial charge in [-0.3, -0.25) is 0 Å². The standard InChI is InChI=1S/C11H12F2O2/c1-7(14)8-2-3-10-9(6-8)11(12,13)4-5-15-10/h2-3,6-7,14H,4-5H2,1H3. The molecule has 0 saturated heterocycles. The Morgan fingerprint density at radius 3 is 2.87 bits per heavy atom. The van der Waals surface area contributed by atoms with Gasteiger partial charge in [-0.1, -0.05) is 6.07 Å². The lowest BCUT2D eigenvalue weighted by molar-refractivity contribution is -0.0406. The van der Waals surface area contributed by atoms with Gasteiger partial charge in [0.05, 0.1) is 24.7 Å². The van der Waals surface area contributed by atoms with E-state index >= 15 is 0 Å². The lowest BCUT2D eigenvalue weighted by atomic mass is 9.98. The topological polar surface area (TPSA) is 29.5 Å². The molecule has 1 aliphatic heterocycles. The molecule has 2 nitrogen and oxygen atoms in total. The van der Waals surface area contributed by atoms with Gasteiger partial charge in [0.1, 0.15) is 5.75 Å². The number of fused-ring (bicyclic) bond motifs is 1. The number of hydrogen-bond donors (Lipinski definition) is 1. The second kappa shape index (κ2) is 3.45. The summed E-state index contributed by atoms with van der Waals surface area (Å²) in [6.07, 6.45) is -1.04. The molecule has 0 saturated carbocycles. The Morgan fingerprint density at radius 1 is 1.47 bits per heavy atom. The second-order valence-electron chi connectivity index (χ2n) is 3.73. The molecular formula is C11H12F2O2. The molecule has 1 atom stereocenters. The Labute approximate surface area is 86.5 Å². The summed E-state index contributed by atoms with van der Waals surface area (Å²) in [4.78, 5) is 0. The van der Waals surface area contributed by atoms with Gasteiger partial charge in [0.15, 0.2) is 0 Å². The number of halogens is 2. The zero-order chi connectivity index (χ0) is 11.1. The highest BCUT2D eigenvalue weighted by atomic mass is 19.3. The molecule has 82 valence electrons. The summed E-state index contributed by atoms with van der Waals surface area (Å²) in [7, 11) is 0. The molecule has 1 unspecified atom stereocenters. The van der Waals surface area contributed by atoms with Crippen LogP contribution in [0.2, 0.25) is 0 Å². The van der Waals surface area contributed by atoms with Crippen LogP contribution in [-0.4, -0.2) is 11.7 Å². The Kier molecular flexibility index (Phi) is 2.38. The van der Waals surface area contributed by atoms with Crippen LogP contribution in [0.1, 0.15) is 30.6 Å². The third kappa shape index (κ3) is 1.81. The van der Waals surface area contributed by atoms with Crippen LogP contribution in [0.25, 0.3) is 0 Å². The molecule has 0 spiro atoms. The molecule has 0 radical (unpaired) electrons. The summed E-state index contributed by atoms with van der Waals surface area (Å²) in [5.74, 6) is -2.63. The first-order valence-electron chi connectivity index (χ1n) is 4.84. The van der Waals surface area contributed by atoms with E-state index in [-0.39, 0.29) is 24.3 Å². The first-order valence-corrected chi connectivity index (χ1v) is 4.84. The Hall–Kier alpha value is -1.16. The molecule has 2 rings (SSSR count). The van der Waals surface area contributed by atoms with Crippen molar-refractivity contribution in [3.63, 3.8) is 0 Å². The summed E-state index contributed by atoms with van der Waals surface area (Å²) in [5.41, 5.74) is 0.367. The van der Waals surface area contributed by atoms with Crippen molar-refractivity contribution in [3.8, 4) is 5.75 Å². The van der Waals surface area contributed by atoms with Gasteiger partial charge >= 0.3 is 0 Å². The average molecular weight is 214 g/mol. The van der Waals surface area contributed by atoms with E-state index in [1.165, 1.54) is 12.1 Å². The summed E-state index contributed by atoms with van der Waals surface area (Å²) in [6.45, 7) is 1.58. The van der Waals surface area contributed by atoms with E-state index in [4.69, 9.17) is 4.74 Å². The molecule has 15 heavy (non-hydrogen) atoms. The molecule has 1 aromatic carbocycles. The molecule has 0 aliphatic carbocycles. The van der Waals surface area contributed by atoms with Gasteiger partial charge in [-0.2, -0.15) is 0 Å². The number of aliphatic hydroxyl groups excluding tert-OH is 1. The van der Waals surface area contributed by atoms with Crippen LogP contribution < -0.4 is 4.74 Å². The maximum absolute atomic E-state index is 13.5. The minimum Gasteiger partial charge on any atom is -0.493 e. The van der Waals surface area contributed by atoms with Gasteiger partial charge < -0.3 is 9.84 Å². The monoisotopic (exact) mass is 214 g/mol. The molecule has 1 aliphatic rings. The predicted molar refractivity (Wildman–Crippen MR) is 51.1 cm³/mol. The number of ether oxygens (including phenoxy) is 1. The van der Waals surface area contributed by atoms with E-state index in [1.807, 2.05) is 0 Å². The smallest absolute Gasteiger partial charge is 0.280 e. The molecule has 0 fully saturated rings. The van der Waals surface area contributed by atoms with Crippen molar-refractivity contribution in [2.24, 2.45) is 0 Å². The highest BCUT2D eigenvalue weighted by Gasteiger charge is 2.38. The SMILES string of the molecule is CC(O)c1ccc2c(c1)C(F)(F)CCO2. The zero-order valence-corrected chi connectivity index (χ0v) is 8.34. The summed E-state index contributed by atoms with van der Waals surface area (Å²) >= 11 is 0. The third-order valence-corrected chi connectivity index (χ3v) is 2.55. The van der Waals surface area contributed by atoms with Crippen molar-refractivity contribution in [2.45, 2.75) is 25.4 Å². The molecule has 1 N–H and O–H groups in total. The lowest BCUT2D eigenvalue weighted by Gasteiger charge is -2.26. The summed E-state index contributed by atoms with van der Waals surface area (Å²) in [5, 5.41) is 9.31. The normalized spacial score (nSPS) is 20.3. The number of alkyl halides is 2. The van der Waals surface area contributed by atoms with Crippen molar-refractivity contribution in [2.75, 3.05) is 6.61 Å². The highest BCUT2D eigenvalue weighted by Crippen LogP contribution is 2.42. The Balaban J connectivity index is 2.49. The minimum absolute atomic E-state index is 0.0357. The van der Waals surface area contributed by atoms with Gasteiger partial charge in [0.2, 0.25) is 0 Å². The maximum Gasteiger partial charge on any atom is 0.280 e. The van der Waals surface area contributed by atoms with Gasteiger partial charge in [-0.05, 0) is 24.6 Å². The first-order chi connectivity index (χ1) is 7.00. The number of hydrogen-bond acceptors (Lipinski definition) is 2. The van der Waals surface area contributed by atoms with E-state index in [9.17, 15) is 13.9 Å². The fraction of sp³-hybridized carbons (Fsp3) is 0.455. The van der Waals surface area contributed by atoms with Crippen LogP contribution in [0.5, 0.6) is 5.75 Å². The van der Waals surface area contributed by atoms with E-state index in [0.29, 0.717) is 5.56 Å². The molecule has 1 heterocycles. The van der Waals surface area contributed by atoms with Crippen LogP contribution >= 0.6 is 0 Å².